The fourth-order valence-electron chi connectivity index (χ4n) is 1.98. The lowest BCUT2D eigenvalue weighted by Gasteiger charge is -2.14. The van der Waals surface area contributed by atoms with Crippen LogP contribution in [0, 0.1) is 6.92 Å². The molecule has 0 saturated carbocycles. The summed E-state index contributed by atoms with van der Waals surface area (Å²) < 4.78 is 22.6. The van der Waals surface area contributed by atoms with Crippen molar-refractivity contribution in [1.82, 2.24) is 5.32 Å². The van der Waals surface area contributed by atoms with Crippen molar-refractivity contribution in [3.8, 4) is 0 Å². The van der Waals surface area contributed by atoms with Crippen molar-refractivity contribution in [3.05, 3.63) is 35.4 Å². The Morgan fingerprint density at radius 3 is 2.47 bits per heavy atom. The first-order valence-electron chi connectivity index (χ1n) is 5.64. The van der Waals surface area contributed by atoms with E-state index in [0.717, 1.165) is 5.56 Å². The number of hydrogen-bond donors (Lipinski definition) is 2. The van der Waals surface area contributed by atoms with Crippen LogP contribution in [0.1, 0.15) is 11.1 Å². The number of aryl methyl sites for hydroxylation is 1. The molecule has 1 fully saturated rings. The molecule has 4 nitrogen and oxygen atoms in total. The lowest BCUT2D eigenvalue weighted by molar-refractivity contribution is 0.165. The molecule has 0 spiro atoms. The highest BCUT2D eigenvalue weighted by molar-refractivity contribution is 7.91. The molecule has 1 heterocycles. The molecule has 2 N–H and O–H groups in total. The molecular weight excluding hydrogens is 238 g/mol. The Bertz CT molecular complexity index is 481. The summed E-state index contributed by atoms with van der Waals surface area (Å²) in [6.07, 6.45) is -0.787. The zero-order chi connectivity index (χ0) is 12.5. The van der Waals surface area contributed by atoms with Gasteiger partial charge < -0.3 is 10.4 Å². The molecule has 17 heavy (non-hydrogen) atoms. The van der Waals surface area contributed by atoms with E-state index >= 15 is 0 Å². The molecule has 0 aliphatic carbocycles. The van der Waals surface area contributed by atoms with Gasteiger partial charge in [-0.1, -0.05) is 29.8 Å². The third-order valence-corrected chi connectivity index (χ3v) is 4.73. The summed E-state index contributed by atoms with van der Waals surface area (Å²) in [6, 6.07) is 7.68. The van der Waals surface area contributed by atoms with Crippen LogP contribution in [0.3, 0.4) is 0 Å². The van der Waals surface area contributed by atoms with E-state index in [1.165, 1.54) is 5.56 Å². The van der Waals surface area contributed by atoms with Gasteiger partial charge in [-0.05, 0) is 12.5 Å². The first-order valence-corrected chi connectivity index (χ1v) is 7.46. The molecule has 2 rings (SSSR count). The largest absolute Gasteiger partial charge is 0.390 e. The van der Waals surface area contributed by atoms with Crippen molar-refractivity contribution in [2.24, 2.45) is 0 Å². The molecule has 1 aliphatic rings. The normalized spacial score (nSPS) is 27.2. The topological polar surface area (TPSA) is 66.4 Å². The van der Waals surface area contributed by atoms with E-state index in [0.29, 0.717) is 6.54 Å². The van der Waals surface area contributed by atoms with Crippen molar-refractivity contribution in [2.75, 3.05) is 11.5 Å². The molecule has 94 valence electrons. The van der Waals surface area contributed by atoms with Gasteiger partial charge in [0.2, 0.25) is 0 Å². The Kier molecular flexibility index (Phi) is 3.51. The average molecular weight is 255 g/mol. The quantitative estimate of drug-likeness (QED) is 0.812. The summed E-state index contributed by atoms with van der Waals surface area (Å²) in [5.74, 6) is -0.0986. The fourth-order valence-corrected chi connectivity index (χ4v) is 3.75. The van der Waals surface area contributed by atoms with Gasteiger partial charge in [0.1, 0.15) is 0 Å². The van der Waals surface area contributed by atoms with Crippen molar-refractivity contribution < 1.29 is 13.5 Å². The third kappa shape index (κ3) is 3.28. The maximum Gasteiger partial charge on any atom is 0.154 e. The average Bonchev–Trinajstić information content (AvgIpc) is 2.51. The molecule has 0 unspecified atom stereocenters. The molecule has 1 saturated heterocycles. The van der Waals surface area contributed by atoms with Crippen LogP contribution in [0.4, 0.5) is 0 Å². The second-order valence-corrected chi connectivity index (χ2v) is 6.77. The Hall–Kier alpha value is -0.910. The maximum atomic E-state index is 11.3. The smallest absolute Gasteiger partial charge is 0.154 e. The first kappa shape index (κ1) is 12.5. The van der Waals surface area contributed by atoms with Crippen LogP contribution >= 0.6 is 0 Å². The van der Waals surface area contributed by atoms with Gasteiger partial charge in [0, 0.05) is 12.6 Å². The Balaban J connectivity index is 1.93. The molecule has 2 atom stereocenters. The monoisotopic (exact) mass is 255 g/mol. The summed E-state index contributed by atoms with van der Waals surface area (Å²) in [5.41, 5.74) is 2.28. The highest BCUT2D eigenvalue weighted by Gasteiger charge is 2.35. The standard InChI is InChI=1S/C12H17NO3S/c1-9-2-4-10(5-3-9)6-13-11-7-17(15,16)8-12(11)14/h2-5,11-14H,6-8H2,1H3/t11-,12+/m1/s1. The van der Waals surface area contributed by atoms with Crippen LogP contribution in [0.25, 0.3) is 0 Å². The predicted octanol–water partition coefficient (Wildman–Crippen LogP) is 0.243. The second kappa shape index (κ2) is 4.76. The Morgan fingerprint density at radius 2 is 1.94 bits per heavy atom. The van der Waals surface area contributed by atoms with Gasteiger partial charge >= 0.3 is 0 Å². The zero-order valence-electron chi connectivity index (χ0n) is 9.76. The third-order valence-electron chi connectivity index (χ3n) is 3.01. The molecule has 0 amide bonds. The number of aliphatic hydroxyl groups is 1. The number of nitrogens with one attached hydrogen (secondary N) is 1. The van der Waals surface area contributed by atoms with Crippen LogP contribution in [0.2, 0.25) is 0 Å². The van der Waals surface area contributed by atoms with E-state index in [1.807, 2.05) is 31.2 Å². The summed E-state index contributed by atoms with van der Waals surface area (Å²) in [5, 5.41) is 12.7. The first-order chi connectivity index (χ1) is 7.96. The van der Waals surface area contributed by atoms with Gasteiger partial charge in [-0.2, -0.15) is 0 Å². The molecule has 0 radical (unpaired) electrons. The number of aliphatic hydroxyl groups excluding tert-OH is 1. The van der Waals surface area contributed by atoms with Gasteiger partial charge in [-0.3, -0.25) is 0 Å². The minimum Gasteiger partial charge on any atom is -0.390 e. The number of hydrogen-bond acceptors (Lipinski definition) is 4. The van der Waals surface area contributed by atoms with Gasteiger partial charge in [0.15, 0.2) is 9.84 Å². The molecule has 0 aromatic heterocycles. The van der Waals surface area contributed by atoms with Crippen LogP contribution in [0.5, 0.6) is 0 Å². The van der Waals surface area contributed by atoms with Crippen molar-refractivity contribution in [1.29, 1.82) is 0 Å². The van der Waals surface area contributed by atoms with Gasteiger partial charge in [-0.15, -0.1) is 0 Å². The van der Waals surface area contributed by atoms with E-state index in [-0.39, 0.29) is 17.5 Å². The lowest BCUT2D eigenvalue weighted by Crippen LogP contribution is -2.38. The molecule has 1 aromatic rings. The van der Waals surface area contributed by atoms with E-state index in [1.54, 1.807) is 0 Å². The van der Waals surface area contributed by atoms with Crippen molar-refractivity contribution in [2.45, 2.75) is 25.6 Å². The SMILES string of the molecule is Cc1ccc(CN[C@@H]2CS(=O)(=O)C[C@@H]2O)cc1. The van der Waals surface area contributed by atoms with Gasteiger partial charge in [0.05, 0.1) is 17.6 Å². The second-order valence-electron chi connectivity index (χ2n) is 4.62. The van der Waals surface area contributed by atoms with Crippen molar-refractivity contribution in [3.63, 3.8) is 0 Å². The van der Waals surface area contributed by atoms with E-state index in [9.17, 15) is 13.5 Å². The summed E-state index contributed by atoms with van der Waals surface area (Å²) in [6.45, 7) is 2.60. The summed E-state index contributed by atoms with van der Waals surface area (Å²) in [4.78, 5) is 0. The molecule has 5 heteroatoms. The highest BCUT2D eigenvalue weighted by atomic mass is 32.2. The van der Waals surface area contributed by atoms with Crippen LogP contribution < -0.4 is 5.32 Å². The lowest BCUT2D eigenvalue weighted by atomic mass is 10.1. The molecule has 0 bridgehead atoms. The van der Waals surface area contributed by atoms with E-state index in [4.69, 9.17) is 0 Å². The molecule has 1 aromatic carbocycles. The number of sulfone groups is 1. The van der Waals surface area contributed by atoms with E-state index < -0.39 is 15.9 Å². The fraction of sp³-hybridized carbons (Fsp3) is 0.500. The van der Waals surface area contributed by atoms with Gasteiger partial charge in [0.25, 0.3) is 0 Å². The maximum absolute atomic E-state index is 11.3. The Labute approximate surface area is 102 Å². The minimum absolute atomic E-state index is 0.0278. The summed E-state index contributed by atoms with van der Waals surface area (Å²) in [7, 11) is -3.07. The van der Waals surface area contributed by atoms with Crippen LogP contribution in [-0.4, -0.2) is 37.2 Å². The van der Waals surface area contributed by atoms with Crippen LogP contribution in [0.15, 0.2) is 24.3 Å². The predicted molar refractivity (Wildman–Crippen MR) is 66.5 cm³/mol. The van der Waals surface area contributed by atoms with Crippen molar-refractivity contribution >= 4 is 9.84 Å². The number of rotatable bonds is 3. The zero-order valence-corrected chi connectivity index (χ0v) is 10.6. The van der Waals surface area contributed by atoms with E-state index in [2.05, 4.69) is 5.32 Å². The highest BCUT2D eigenvalue weighted by Crippen LogP contribution is 2.13. The minimum atomic E-state index is -3.07. The molecular formula is C12H17NO3S. The Morgan fingerprint density at radius 1 is 1.29 bits per heavy atom. The number of benzene rings is 1. The summed E-state index contributed by atoms with van der Waals surface area (Å²) >= 11 is 0. The van der Waals surface area contributed by atoms with Crippen LogP contribution in [-0.2, 0) is 16.4 Å². The van der Waals surface area contributed by atoms with Gasteiger partial charge in [-0.25, -0.2) is 8.42 Å². The molecule has 1 aliphatic heterocycles.